The van der Waals surface area contributed by atoms with Gasteiger partial charge in [0.2, 0.25) is 5.92 Å². The lowest BCUT2D eigenvalue weighted by atomic mass is 9.80. The van der Waals surface area contributed by atoms with E-state index in [0.717, 1.165) is 34.6 Å². The van der Waals surface area contributed by atoms with Gasteiger partial charge in [0.1, 0.15) is 6.10 Å². The first kappa shape index (κ1) is 21.2. The summed E-state index contributed by atoms with van der Waals surface area (Å²) in [5, 5.41) is 11.5. The summed E-state index contributed by atoms with van der Waals surface area (Å²) in [5.74, 6) is -4.50. The van der Waals surface area contributed by atoms with E-state index in [-0.39, 0.29) is 18.9 Å². The molecule has 7 heteroatoms. The summed E-state index contributed by atoms with van der Waals surface area (Å²) in [5.41, 5.74) is -1.73. The molecule has 4 atom stereocenters. The maximum absolute atomic E-state index is 14.0. The van der Waals surface area contributed by atoms with Crippen LogP contribution in [-0.4, -0.2) is 53.8 Å². The molecule has 1 saturated carbocycles. The van der Waals surface area contributed by atoms with Gasteiger partial charge in [-0.25, -0.2) is 13.6 Å². The third-order valence-electron chi connectivity index (χ3n) is 7.65. The SMILES string of the molecule is C[N+]1(C)C2CCC1CC(OC(=O)[C@](O)(c1ccc(Br)cc1)[C@@H]1CCC(F)(F)C1)C2. The number of halogens is 3. The molecule has 1 aromatic rings. The summed E-state index contributed by atoms with van der Waals surface area (Å²) < 4.78 is 35.5. The number of hydrogen-bond donors (Lipinski definition) is 1. The van der Waals surface area contributed by atoms with Crippen LogP contribution in [0.15, 0.2) is 28.7 Å². The second kappa shape index (κ2) is 7.27. The summed E-state index contributed by atoms with van der Waals surface area (Å²) in [4.78, 5) is 13.3. The van der Waals surface area contributed by atoms with Crippen LogP contribution in [-0.2, 0) is 15.1 Å². The van der Waals surface area contributed by atoms with Crippen molar-refractivity contribution in [3.63, 3.8) is 0 Å². The third-order valence-corrected chi connectivity index (χ3v) is 8.18. The van der Waals surface area contributed by atoms with Crippen molar-refractivity contribution in [3.8, 4) is 0 Å². The Hall–Kier alpha value is -1.05. The number of quaternary nitrogens is 1. The predicted molar refractivity (Wildman–Crippen MR) is 108 cm³/mol. The molecule has 1 aliphatic carbocycles. The van der Waals surface area contributed by atoms with E-state index >= 15 is 0 Å². The molecule has 0 spiro atoms. The van der Waals surface area contributed by atoms with E-state index in [4.69, 9.17) is 4.74 Å². The Morgan fingerprint density at radius 1 is 1.17 bits per heavy atom. The largest absolute Gasteiger partial charge is 0.459 e. The molecule has 4 rings (SSSR count). The van der Waals surface area contributed by atoms with Crippen LogP contribution in [0.25, 0.3) is 0 Å². The molecule has 3 fully saturated rings. The second-order valence-corrected chi connectivity index (χ2v) is 10.5. The number of hydrogen-bond acceptors (Lipinski definition) is 3. The van der Waals surface area contributed by atoms with E-state index in [9.17, 15) is 18.7 Å². The minimum Gasteiger partial charge on any atom is -0.459 e. The fourth-order valence-electron chi connectivity index (χ4n) is 5.70. The number of nitrogens with zero attached hydrogens (tertiary/aromatic N) is 1. The van der Waals surface area contributed by atoms with Crippen LogP contribution in [0.2, 0.25) is 0 Å². The van der Waals surface area contributed by atoms with Crippen molar-refractivity contribution in [1.82, 2.24) is 0 Å². The van der Waals surface area contributed by atoms with Crippen LogP contribution < -0.4 is 0 Å². The van der Waals surface area contributed by atoms with Crippen LogP contribution >= 0.6 is 15.9 Å². The zero-order chi connectivity index (χ0) is 21.0. The number of carbonyl (C=O) groups is 1. The summed E-state index contributed by atoms with van der Waals surface area (Å²) in [7, 11) is 4.44. The predicted octanol–water partition coefficient (Wildman–Crippen LogP) is 4.39. The maximum atomic E-state index is 14.0. The summed E-state index contributed by atoms with van der Waals surface area (Å²) in [6.07, 6.45) is 2.73. The van der Waals surface area contributed by atoms with Crippen molar-refractivity contribution >= 4 is 21.9 Å². The highest BCUT2D eigenvalue weighted by atomic mass is 79.9. The van der Waals surface area contributed by atoms with Gasteiger partial charge in [0.15, 0.2) is 5.60 Å². The molecule has 2 unspecified atom stereocenters. The summed E-state index contributed by atoms with van der Waals surface area (Å²) in [6, 6.07) is 7.52. The van der Waals surface area contributed by atoms with Crippen molar-refractivity contribution in [2.45, 2.75) is 74.7 Å². The van der Waals surface area contributed by atoms with E-state index in [2.05, 4.69) is 30.0 Å². The fourth-order valence-corrected chi connectivity index (χ4v) is 5.96. The monoisotopic (exact) mass is 472 g/mol. The lowest BCUT2D eigenvalue weighted by Gasteiger charge is -2.44. The van der Waals surface area contributed by atoms with E-state index < -0.39 is 29.8 Å². The molecular formula is C22H29BrF2NO3+. The lowest BCUT2D eigenvalue weighted by Crippen LogP contribution is -2.57. The smallest absolute Gasteiger partial charge is 0.343 e. The van der Waals surface area contributed by atoms with Crippen LogP contribution in [0.3, 0.4) is 0 Å². The van der Waals surface area contributed by atoms with Crippen LogP contribution in [0.1, 0.15) is 50.5 Å². The highest BCUT2D eigenvalue weighted by Crippen LogP contribution is 2.49. The van der Waals surface area contributed by atoms with Crippen molar-refractivity contribution in [2.24, 2.45) is 5.92 Å². The van der Waals surface area contributed by atoms with Crippen LogP contribution in [0, 0.1) is 5.92 Å². The third kappa shape index (κ3) is 3.74. The number of carbonyl (C=O) groups excluding carboxylic acids is 1. The lowest BCUT2D eigenvalue weighted by molar-refractivity contribution is -0.931. The Labute approximate surface area is 178 Å². The first-order valence-electron chi connectivity index (χ1n) is 10.4. The van der Waals surface area contributed by atoms with Gasteiger partial charge in [-0.05, 0) is 24.1 Å². The average molecular weight is 473 g/mol. The first-order chi connectivity index (χ1) is 13.5. The number of aliphatic hydroxyl groups is 1. The van der Waals surface area contributed by atoms with Crippen molar-refractivity contribution in [3.05, 3.63) is 34.3 Å². The standard InChI is InChI=1S/C22H29BrF2NO3/c1-26(2)17-7-8-18(26)12-19(11-17)29-20(27)22(28,14-3-5-16(23)6-4-14)15-9-10-21(24,25)13-15/h3-6,15,17-19,28H,7-13H2,1-2H3/q+1/t15-,17?,18?,19?,22+/m1/s1. The summed E-state index contributed by atoms with van der Waals surface area (Å²) in [6.45, 7) is 0. The van der Waals surface area contributed by atoms with Gasteiger partial charge < -0.3 is 14.3 Å². The highest BCUT2D eigenvalue weighted by Gasteiger charge is 2.56. The molecule has 3 aliphatic rings. The molecule has 2 heterocycles. The topological polar surface area (TPSA) is 46.5 Å². The minimum atomic E-state index is -2.86. The Kier molecular flexibility index (Phi) is 5.32. The molecule has 2 aliphatic heterocycles. The fraction of sp³-hybridized carbons (Fsp3) is 0.682. The molecule has 1 N–H and O–H groups in total. The molecule has 0 radical (unpaired) electrons. The van der Waals surface area contributed by atoms with Gasteiger partial charge >= 0.3 is 5.97 Å². The van der Waals surface area contributed by atoms with Crippen LogP contribution in [0.4, 0.5) is 8.78 Å². The number of alkyl halides is 2. The van der Waals surface area contributed by atoms with E-state index in [1.54, 1.807) is 24.3 Å². The molecule has 160 valence electrons. The van der Waals surface area contributed by atoms with Crippen molar-refractivity contribution in [2.75, 3.05) is 14.1 Å². The molecule has 0 aromatic heterocycles. The molecule has 2 saturated heterocycles. The number of benzene rings is 1. The number of piperidine rings is 1. The van der Waals surface area contributed by atoms with Gasteiger partial charge in [0.05, 0.1) is 26.2 Å². The quantitative estimate of drug-likeness (QED) is 0.522. The molecule has 2 bridgehead atoms. The first-order valence-corrected chi connectivity index (χ1v) is 11.2. The van der Waals surface area contributed by atoms with E-state index in [1.807, 2.05) is 0 Å². The number of rotatable bonds is 4. The summed E-state index contributed by atoms with van der Waals surface area (Å²) >= 11 is 3.34. The molecule has 1 aromatic carbocycles. The molecule has 29 heavy (non-hydrogen) atoms. The molecule has 0 amide bonds. The Morgan fingerprint density at radius 3 is 2.28 bits per heavy atom. The van der Waals surface area contributed by atoms with Gasteiger partial charge in [0.25, 0.3) is 0 Å². The van der Waals surface area contributed by atoms with Crippen molar-refractivity contribution in [1.29, 1.82) is 0 Å². The Bertz CT molecular complexity index is 769. The normalized spacial score (nSPS) is 34.6. The van der Waals surface area contributed by atoms with Gasteiger partial charge in [-0.1, -0.05) is 28.1 Å². The number of ether oxygens (including phenoxy) is 1. The van der Waals surface area contributed by atoms with E-state index in [0.29, 0.717) is 17.6 Å². The molecule has 4 nitrogen and oxygen atoms in total. The zero-order valence-corrected chi connectivity index (χ0v) is 18.5. The average Bonchev–Trinajstić information content (AvgIpc) is 3.04. The Balaban J connectivity index is 1.58. The van der Waals surface area contributed by atoms with Crippen molar-refractivity contribution < 1.29 is 27.9 Å². The van der Waals surface area contributed by atoms with Crippen LogP contribution in [0.5, 0.6) is 0 Å². The second-order valence-electron chi connectivity index (χ2n) is 9.58. The Morgan fingerprint density at radius 2 is 1.76 bits per heavy atom. The highest BCUT2D eigenvalue weighted by molar-refractivity contribution is 9.10. The maximum Gasteiger partial charge on any atom is 0.343 e. The van der Waals surface area contributed by atoms with Gasteiger partial charge in [-0.2, -0.15) is 0 Å². The van der Waals surface area contributed by atoms with Gasteiger partial charge in [0, 0.05) is 48.9 Å². The zero-order valence-electron chi connectivity index (χ0n) is 16.9. The van der Waals surface area contributed by atoms with E-state index in [1.165, 1.54) is 0 Å². The van der Waals surface area contributed by atoms with Gasteiger partial charge in [-0.3, -0.25) is 0 Å². The number of esters is 1. The van der Waals surface area contributed by atoms with Gasteiger partial charge in [-0.15, -0.1) is 0 Å². The molecular weight excluding hydrogens is 444 g/mol. The number of fused-ring (bicyclic) bond motifs is 2. The minimum absolute atomic E-state index is 0.0918.